The van der Waals surface area contributed by atoms with Gasteiger partial charge in [-0.3, -0.25) is 0 Å². The van der Waals surface area contributed by atoms with Crippen LogP contribution in [0.4, 0.5) is 0 Å². The van der Waals surface area contributed by atoms with Crippen LogP contribution in [0.1, 0.15) is 32.6 Å². The van der Waals surface area contributed by atoms with Crippen LogP contribution in [0.2, 0.25) is 5.02 Å². The number of hydrogen-bond donors (Lipinski definition) is 2. The van der Waals surface area contributed by atoms with Gasteiger partial charge in [0.2, 0.25) is 0 Å². The van der Waals surface area contributed by atoms with Gasteiger partial charge in [-0.15, -0.1) is 0 Å². The number of halogens is 1. The maximum atomic E-state index is 9.10. The van der Waals surface area contributed by atoms with E-state index < -0.39 is 11.9 Å². The number of hydrogen-bond acceptors (Lipinski definition) is 4. The Labute approximate surface area is 153 Å². The maximum absolute atomic E-state index is 9.10. The van der Waals surface area contributed by atoms with Gasteiger partial charge in [0.25, 0.3) is 0 Å². The number of nitrogens with zero attached hydrogens (tertiary/aromatic N) is 1. The van der Waals surface area contributed by atoms with Crippen molar-refractivity contribution in [1.82, 2.24) is 4.90 Å². The highest BCUT2D eigenvalue weighted by Gasteiger charge is 2.22. The van der Waals surface area contributed by atoms with Crippen LogP contribution in [-0.4, -0.2) is 53.3 Å². The predicted molar refractivity (Wildman–Crippen MR) is 96.3 cm³/mol. The lowest BCUT2D eigenvalue weighted by Gasteiger charge is -2.16. The Bertz CT molecular complexity index is 523. The van der Waals surface area contributed by atoms with E-state index in [0.29, 0.717) is 5.92 Å². The highest BCUT2D eigenvalue weighted by molar-refractivity contribution is 6.30. The van der Waals surface area contributed by atoms with Crippen LogP contribution >= 0.6 is 11.6 Å². The number of carboxylic acids is 2. The SMILES string of the molecule is CCCCCN1CCC(COc2ccc(Cl)cc2)C1.O=C(O)C(=O)O. The van der Waals surface area contributed by atoms with Crippen molar-refractivity contribution < 1.29 is 24.5 Å². The Kier molecular flexibility index (Phi) is 9.96. The van der Waals surface area contributed by atoms with Gasteiger partial charge >= 0.3 is 11.9 Å². The molecule has 1 saturated heterocycles. The number of benzene rings is 1. The number of aliphatic carboxylic acids is 2. The summed E-state index contributed by atoms with van der Waals surface area (Å²) in [6, 6.07) is 7.64. The second kappa shape index (κ2) is 11.7. The first-order chi connectivity index (χ1) is 11.9. The minimum atomic E-state index is -1.82. The molecule has 1 atom stereocenters. The molecule has 140 valence electrons. The van der Waals surface area contributed by atoms with E-state index in [1.54, 1.807) is 0 Å². The summed E-state index contributed by atoms with van der Waals surface area (Å²) in [4.78, 5) is 20.8. The molecule has 1 aromatic carbocycles. The molecular weight excluding hydrogens is 346 g/mol. The van der Waals surface area contributed by atoms with Crippen molar-refractivity contribution in [3.05, 3.63) is 29.3 Å². The van der Waals surface area contributed by atoms with Gasteiger partial charge in [-0.05, 0) is 50.2 Å². The normalized spacial score (nSPS) is 16.8. The molecule has 1 aromatic rings. The lowest BCUT2D eigenvalue weighted by atomic mass is 10.1. The molecule has 1 unspecified atom stereocenters. The third-order valence-electron chi connectivity index (χ3n) is 3.93. The van der Waals surface area contributed by atoms with E-state index in [-0.39, 0.29) is 0 Å². The van der Waals surface area contributed by atoms with Gasteiger partial charge < -0.3 is 19.8 Å². The van der Waals surface area contributed by atoms with Crippen molar-refractivity contribution >= 4 is 23.5 Å². The van der Waals surface area contributed by atoms with Gasteiger partial charge in [0.15, 0.2) is 0 Å². The van der Waals surface area contributed by atoms with Gasteiger partial charge in [0.05, 0.1) is 6.61 Å². The molecule has 0 amide bonds. The summed E-state index contributed by atoms with van der Waals surface area (Å²) in [5, 5.41) is 15.5. The van der Waals surface area contributed by atoms with Gasteiger partial charge in [0, 0.05) is 17.5 Å². The molecule has 1 aliphatic heterocycles. The van der Waals surface area contributed by atoms with Gasteiger partial charge in [-0.25, -0.2) is 9.59 Å². The number of carboxylic acid groups (broad SMARTS) is 2. The Morgan fingerprint density at radius 2 is 1.84 bits per heavy atom. The predicted octanol–water partition coefficient (Wildman–Crippen LogP) is 3.39. The summed E-state index contributed by atoms with van der Waals surface area (Å²) in [5.74, 6) is -2.05. The van der Waals surface area contributed by atoms with E-state index >= 15 is 0 Å². The zero-order chi connectivity index (χ0) is 18.7. The van der Waals surface area contributed by atoms with E-state index in [0.717, 1.165) is 17.4 Å². The standard InChI is InChI=1S/C16H24ClNO.C2H2O4/c1-2-3-4-10-18-11-9-14(12-18)13-19-16-7-5-15(17)6-8-16;3-1(4)2(5)6/h5-8,14H,2-4,9-13H2,1H3;(H,3,4)(H,5,6). The van der Waals surface area contributed by atoms with Crippen LogP contribution in [-0.2, 0) is 9.59 Å². The molecule has 7 heteroatoms. The molecule has 1 fully saturated rings. The van der Waals surface area contributed by atoms with Crippen molar-refractivity contribution in [2.75, 3.05) is 26.2 Å². The lowest BCUT2D eigenvalue weighted by Crippen LogP contribution is -2.23. The third kappa shape index (κ3) is 9.31. The summed E-state index contributed by atoms with van der Waals surface area (Å²) in [7, 11) is 0. The molecule has 0 saturated carbocycles. The molecule has 0 aromatic heterocycles. The largest absolute Gasteiger partial charge is 0.493 e. The highest BCUT2D eigenvalue weighted by Crippen LogP contribution is 2.20. The van der Waals surface area contributed by atoms with Gasteiger partial charge in [-0.2, -0.15) is 0 Å². The van der Waals surface area contributed by atoms with E-state index in [4.69, 9.17) is 36.1 Å². The van der Waals surface area contributed by atoms with E-state index in [2.05, 4.69) is 11.8 Å². The Morgan fingerprint density at radius 3 is 2.40 bits per heavy atom. The topological polar surface area (TPSA) is 87.1 Å². The maximum Gasteiger partial charge on any atom is 0.414 e. The fourth-order valence-corrected chi connectivity index (χ4v) is 2.71. The summed E-state index contributed by atoms with van der Waals surface area (Å²) in [6.45, 7) is 6.76. The van der Waals surface area contributed by atoms with Crippen molar-refractivity contribution in [2.24, 2.45) is 5.92 Å². The quantitative estimate of drug-likeness (QED) is 0.564. The van der Waals surface area contributed by atoms with Crippen LogP contribution in [0, 0.1) is 5.92 Å². The minimum Gasteiger partial charge on any atom is -0.493 e. The zero-order valence-corrected chi connectivity index (χ0v) is 15.2. The number of rotatable bonds is 7. The molecule has 0 aliphatic carbocycles. The monoisotopic (exact) mass is 371 g/mol. The van der Waals surface area contributed by atoms with Crippen LogP contribution in [0.15, 0.2) is 24.3 Å². The molecule has 25 heavy (non-hydrogen) atoms. The third-order valence-corrected chi connectivity index (χ3v) is 4.18. The van der Waals surface area contributed by atoms with Crippen molar-refractivity contribution in [3.63, 3.8) is 0 Å². The summed E-state index contributed by atoms with van der Waals surface area (Å²) in [5.41, 5.74) is 0. The molecule has 2 rings (SSSR count). The molecule has 2 N–H and O–H groups in total. The van der Waals surface area contributed by atoms with Crippen LogP contribution in [0.3, 0.4) is 0 Å². The number of likely N-dealkylation sites (tertiary alicyclic amines) is 1. The molecular formula is C18H26ClNO5. The highest BCUT2D eigenvalue weighted by atomic mass is 35.5. The Hall–Kier alpha value is -1.79. The van der Waals surface area contributed by atoms with E-state index in [1.165, 1.54) is 45.3 Å². The Balaban J connectivity index is 0.000000450. The fourth-order valence-electron chi connectivity index (χ4n) is 2.58. The van der Waals surface area contributed by atoms with Crippen LogP contribution < -0.4 is 4.74 Å². The first kappa shape index (κ1) is 21.3. The molecule has 0 spiro atoms. The summed E-state index contributed by atoms with van der Waals surface area (Å²) >= 11 is 5.86. The van der Waals surface area contributed by atoms with Crippen molar-refractivity contribution in [2.45, 2.75) is 32.6 Å². The second-order valence-electron chi connectivity index (χ2n) is 6.04. The lowest BCUT2D eigenvalue weighted by molar-refractivity contribution is -0.159. The van der Waals surface area contributed by atoms with Gasteiger partial charge in [-0.1, -0.05) is 31.4 Å². The molecule has 1 heterocycles. The Morgan fingerprint density at radius 1 is 1.20 bits per heavy atom. The molecule has 6 nitrogen and oxygen atoms in total. The van der Waals surface area contributed by atoms with Crippen molar-refractivity contribution in [3.8, 4) is 5.75 Å². The number of carbonyl (C=O) groups is 2. The van der Waals surface area contributed by atoms with Crippen molar-refractivity contribution in [1.29, 1.82) is 0 Å². The van der Waals surface area contributed by atoms with Gasteiger partial charge in [0.1, 0.15) is 5.75 Å². The fraction of sp³-hybridized carbons (Fsp3) is 0.556. The average Bonchev–Trinajstić information content (AvgIpc) is 3.03. The first-order valence-corrected chi connectivity index (χ1v) is 8.87. The summed E-state index contributed by atoms with van der Waals surface area (Å²) in [6.07, 6.45) is 5.25. The zero-order valence-electron chi connectivity index (χ0n) is 14.5. The second-order valence-corrected chi connectivity index (χ2v) is 6.47. The molecule has 0 radical (unpaired) electrons. The molecule has 1 aliphatic rings. The summed E-state index contributed by atoms with van der Waals surface area (Å²) < 4.78 is 5.83. The molecule has 0 bridgehead atoms. The van der Waals surface area contributed by atoms with Crippen LogP contribution in [0.5, 0.6) is 5.75 Å². The van der Waals surface area contributed by atoms with E-state index in [9.17, 15) is 0 Å². The smallest absolute Gasteiger partial charge is 0.414 e. The first-order valence-electron chi connectivity index (χ1n) is 8.49. The van der Waals surface area contributed by atoms with Crippen LogP contribution in [0.25, 0.3) is 0 Å². The number of unbranched alkanes of at least 4 members (excludes halogenated alkanes) is 2. The average molecular weight is 372 g/mol. The van der Waals surface area contributed by atoms with E-state index in [1.807, 2.05) is 24.3 Å². The minimum absolute atomic E-state index is 0.678. The number of ether oxygens (including phenoxy) is 1.